The number of thiophene rings is 1. The molecule has 6 nitrogen and oxygen atoms in total. The van der Waals surface area contributed by atoms with Crippen molar-refractivity contribution in [2.24, 2.45) is 5.92 Å². The fourth-order valence-corrected chi connectivity index (χ4v) is 6.01. The second-order valence-corrected chi connectivity index (χ2v) is 9.90. The molecule has 1 aliphatic carbocycles. The standard InChI is InChI=1S/C25H23ClN2O4S/c1-13-7-9-16-20(11-13)33-24-21(16)23(29)27-22(28-24)14-8-10-18(19(12-14)31-2)32-25(30)15-5-3-4-6-17(15)26/h3-6,8,10,12-13,22,28H,7,9,11H2,1-2H3,(H,27,29)/t13-,22+/m1/s1. The van der Waals surface area contributed by atoms with E-state index in [1.54, 1.807) is 53.8 Å². The summed E-state index contributed by atoms with van der Waals surface area (Å²) in [5, 5.41) is 7.75. The first-order valence-corrected chi connectivity index (χ1v) is 12.0. The van der Waals surface area contributed by atoms with E-state index in [2.05, 4.69) is 17.6 Å². The van der Waals surface area contributed by atoms with Gasteiger partial charge in [-0.15, -0.1) is 11.3 Å². The van der Waals surface area contributed by atoms with E-state index >= 15 is 0 Å². The highest BCUT2D eigenvalue weighted by atomic mass is 35.5. The number of carbonyl (C=O) groups excluding carboxylic acids is 2. The summed E-state index contributed by atoms with van der Waals surface area (Å²) in [5.41, 5.74) is 3.05. The third-order valence-corrected chi connectivity index (χ3v) is 7.62. The molecule has 1 aromatic heterocycles. The van der Waals surface area contributed by atoms with E-state index in [-0.39, 0.29) is 17.2 Å². The van der Waals surface area contributed by atoms with Crippen LogP contribution in [0.15, 0.2) is 42.5 Å². The Balaban J connectivity index is 1.39. The van der Waals surface area contributed by atoms with Crippen LogP contribution in [0.4, 0.5) is 5.00 Å². The van der Waals surface area contributed by atoms with E-state index in [0.29, 0.717) is 16.7 Å². The molecular formula is C25H23ClN2O4S. The van der Waals surface area contributed by atoms with E-state index in [9.17, 15) is 9.59 Å². The molecule has 2 aliphatic rings. The van der Waals surface area contributed by atoms with Gasteiger partial charge in [0, 0.05) is 4.88 Å². The van der Waals surface area contributed by atoms with Gasteiger partial charge in [-0.05, 0) is 60.6 Å². The van der Waals surface area contributed by atoms with Gasteiger partial charge in [-0.1, -0.05) is 36.7 Å². The van der Waals surface area contributed by atoms with Crippen LogP contribution in [0.1, 0.15) is 56.2 Å². The van der Waals surface area contributed by atoms with Gasteiger partial charge in [-0.3, -0.25) is 4.79 Å². The van der Waals surface area contributed by atoms with Gasteiger partial charge in [-0.25, -0.2) is 4.79 Å². The monoisotopic (exact) mass is 482 g/mol. The van der Waals surface area contributed by atoms with Crippen LogP contribution in [0.2, 0.25) is 5.02 Å². The molecule has 33 heavy (non-hydrogen) atoms. The minimum absolute atomic E-state index is 0.0611. The molecule has 0 radical (unpaired) electrons. The highest BCUT2D eigenvalue weighted by molar-refractivity contribution is 7.16. The fourth-order valence-electron chi connectivity index (χ4n) is 4.36. The van der Waals surface area contributed by atoms with Crippen LogP contribution >= 0.6 is 22.9 Å². The second-order valence-electron chi connectivity index (χ2n) is 8.39. The first kappa shape index (κ1) is 21.8. The highest BCUT2D eigenvalue weighted by Gasteiger charge is 2.33. The zero-order valence-corrected chi connectivity index (χ0v) is 19.8. The molecular weight excluding hydrogens is 460 g/mol. The minimum Gasteiger partial charge on any atom is -0.493 e. The third kappa shape index (κ3) is 4.07. The molecule has 0 unspecified atom stereocenters. The summed E-state index contributed by atoms with van der Waals surface area (Å²) in [6.07, 6.45) is 2.66. The topological polar surface area (TPSA) is 76.7 Å². The molecule has 2 atom stereocenters. The average molecular weight is 483 g/mol. The number of hydrogen-bond donors (Lipinski definition) is 2. The first-order valence-electron chi connectivity index (χ1n) is 10.8. The predicted octanol–water partition coefficient (Wildman–Crippen LogP) is 5.61. The van der Waals surface area contributed by atoms with Crippen LogP contribution in [0.25, 0.3) is 0 Å². The largest absolute Gasteiger partial charge is 0.493 e. The number of anilines is 1. The number of fused-ring (bicyclic) bond motifs is 3. The van der Waals surface area contributed by atoms with Gasteiger partial charge in [-0.2, -0.15) is 0 Å². The Kier molecular flexibility index (Phi) is 5.76. The van der Waals surface area contributed by atoms with Crippen LogP contribution in [0, 0.1) is 5.92 Å². The summed E-state index contributed by atoms with van der Waals surface area (Å²) in [6, 6.07) is 11.9. The molecule has 3 aromatic rings. The van der Waals surface area contributed by atoms with Gasteiger partial charge in [0.15, 0.2) is 11.5 Å². The van der Waals surface area contributed by atoms with Crippen molar-refractivity contribution in [1.82, 2.24) is 5.32 Å². The summed E-state index contributed by atoms with van der Waals surface area (Å²) >= 11 is 7.79. The molecule has 0 bridgehead atoms. The maximum absolute atomic E-state index is 13.0. The number of rotatable bonds is 4. The lowest BCUT2D eigenvalue weighted by molar-refractivity contribution is 0.0729. The normalized spacial score (nSPS) is 19.1. The number of nitrogens with one attached hydrogen (secondary N) is 2. The summed E-state index contributed by atoms with van der Waals surface area (Å²) in [5.74, 6) is 0.665. The number of esters is 1. The molecule has 2 N–H and O–H groups in total. The van der Waals surface area contributed by atoms with E-state index in [0.717, 1.165) is 35.4 Å². The van der Waals surface area contributed by atoms with E-state index < -0.39 is 12.1 Å². The van der Waals surface area contributed by atoms with Crippen molar-refractivity contribution in [3.05, 3.63) is 74.6 Å². The van der Waals surface area contributed by atoms with Gasteiger partial charge in [0.2, 0.25) is 0 Å². The highest BCUT2D eigenvalue weighted by Crippen LogP contribution is 2.43. The summed E-state index contributed by atoms with van der Waals surface area (Å²) in [7, 11) is 1.51. The number of methoxy groups -OCH3 is 1. The zero-order chi connectivity index (χ0) is 23.1. The molecule has 1 amide bonds. The Labute approximate surface area is 200 Å². The average Bonchev–Trinajstić information content (AvgIpc) is 3.17. The zero-order valence-electron chi connectivity index (χ0n) is 18.2. The van der Waals surface area contributed by atoms with Gasteiger partial charge in [0.25, 0.3) is 5.91 Å². The molecule has 0 saturated heterocycles. The number of benzene rings is 2. The predicted molar refractivity (Wildman–Crippen MR) is 129 cm³/mol. The molecule has 8 heteroatoms. The van der Waals surface area contributed by atoms with Crippen LogP contribution in [-0.2, 0) is 12.8 Å². The molecule has 0 spiro atoms. The summed E-state index contributed by atoms with van der Waals surface area (Å²) < 4.78 is 11.0. The van der Waals surface area contributed by atoms with Crippen molar-refractivity contribution in [1.29, 1.82) is 0 Å². The van der Waals surface area contributed by atoms with Crippen molar-refractivity contribution >= 4 is 39.8 Å². The molecule has 5 rings (SSSR count). The maximum atomic E-state index is 13.0. The number of ether oxygens (including phenoxy) is 2. The Hall–Kier alpha value is -3.03. The van der Waals surface area contributed by atoms with E-state index in [4.69, 9.17) is 21.1 Å². The maximum Gasteiger partial charge on any atom is 0.345 e. The lowest BCUT2D eigenvalue weighted by Crippen LogP contribution is -2.38. The minimum atomic E-state index is -0.571. The Bertz CT molecular complexity index is 1260. The number of hydrogen-bond acceptors (Lipinski definition) is 6. The van der Waals surface area contributed by atoms with E-state index in [1.165, 1.54) is 17.6 Å². The van der Waals surface area contributed by atoms with Crippen molar-refractivity contribution < 1.29 is 19.1 Å². The lowest BCUT2D eigenvalue weighted by atomic mass is 9.88. The third-order valence-electron chi connectivity index (χ3n) is 6.11. The Morgan fingerprint density at radius 3 is 2.76 bits per heavy atom. The molecule has 0 saturated carbocycles. The first-order chi connectivity index (χ1) is 15.9. The molecule has 0 fully saturated rings. The van der Waals surface area contributed by atoms with Crippen molar-refractivity contribution in [2.45, 2.75) is 32.4 Å². The van der Waals surface area contributed by atoms with Gasteiger partial charge < -0.3 is 20.1 Å². The molecule has 1 aliphatic heterocycles. The van der Waals surface area contributed by atoms with Crippen LogP contribution in [-0.4, -0.2) is 19.0 Å². The Morgan fingerprint density at radius 2 is 1.97 bits per heavy atom. The van der Waals surface area contributed by atoms with Crippen molar-refractivity contribution in [2.75, 3.05) is 12.4 Å². The number of amides is 1. The second kappa shape index (κ2) is 8.72. The Morgan fingerprint density at radius 1 is 1.15 bits per heavy atom. The van der Waals surface area contributed by atoms with E-state index in [1.807, 2.05) is 0 Å². The van der Waals surface area contributed by atoms with Gasteiger partial charge in [0.05, 0.1) is 23.3 Å². The van der Waals surface area contributed by atoms with Crippen LogP contribution in [0.5, 0.6) is 11.5 Å². The molecule has 2 heterocycles. The fraction of sp³-hybridized carbons (Fsp3) is 0.280. The van der Waals surface area contributed by atoms with Crippen LogP contribution in [0.3, 0.4) is 0 Å². The lowest BCUT2D eigenvalue weighted by Gasteiger charge is -2.27. The number of halogens is 1. The molecule has 2 aromatic carbocycles. The van der Waals surface area contributed by atoms with Crippen molar-refractivity contribution in [3.63, 3.8) is 0 Å². The SMILES string of the molecule is COc1cc([C@H]2NC(=O)c3c(sc4c3CC[C@@H](C)C4)N2)ccc1OC(=O)c1ccccc1Cl. The van der Waals surface area contributed by atoms with Gasteiger partial charge in [0.1, 0.15) is 11.2 Å². The van der Waals surface area contributed by atoms with Crippen molar-refractivity contribution in [3.8, 4) is 11.5 Å². The quantitative estimate of drug-likeness (QED) is 0.373. The smallest absolute Gasteiger partial charge is 0.345 e. The summed E-state index contributed by atoms with van der Waals surface area (Å²) in [6.45, 7) is 2.25. The van der Waals surface area contributed by atoms with Gasteiger partial charge >= 0.3 is 5.97 Å². The summed E-state index contributed by atoms with van der Waals surface area (Å²) in [4.78, 5) is 26.8. The van der Waals surface area contributed by atoms with Crippen LogP contribution < -0.4 is 20.1 Å². The number of carbonyl (C=O) groups is 2. The molecule has 170 valence electrons.